The molecule has 0 aliphatic heterocycles. The molecule has 0 amide bonds. The maximum absolute atomic E-state index is 2.39. The maximum atomic E-state index is 2.39. The first-order valence-electron chi connectivity index (χ1n) is 16.7. The second-order valence-corrected chi connectivity index (χ2v) is 17.3. The van der Waals surface area contributed by atoms with Crippen LogP contribution in [0.4, 0.5) is 0 Å². The average molecular weight is 569 g/mol. The topological polar surface area (TPSA) is 0 Å². The van der Waals surface area contributed by atoms with Crippen LogP contribution in [-0.2, 0) is 0 Å². The second kappa shape index (κ2) is 22.0. The van der Waals surface area contributed by atoms with Gasteiger partial charge in [-0.3, -0.25) is 0 Å². The Morgan fingerprint density at radius 1 is 0.564 bits per heavy atom. The first-order valence-corrected chi connectivity index (χ1v) is 20.5. The molecule has 0 radical (unpaired) electrons. The van der Waals surface area contributed by atoms with Crippen molar-refractivity contribution in [3.63, 3.8) is 0 Å². The van der Waals surface area contributed by atoms with E-state index in [1.165, 1.54) is 108 Å². The number of hydrogen-bond acceptors (Lipinski definition) is 0. The van der Waals surface area contributed by atoms with Crippen LogP contribution in [0.3, 0.4) is 0 Å². The number of rotatable bonds is 17. The van der Waals surface area contributed by atoms with Gasteiger partial charge in [-0.15, -0.1) is 15.8 Å². The van der Waals surface area contributed by atoms with Crippen molar-refractivity contribution in [1.82, 2.24) is 0 Å². The van der Waals surface area contributed by atoms with Crippen molar-refractivity contribution in [1.29, 1.82) is 0 Å². The van der Waals surface area contributed by atoms with Gasteiger partial charge in [0.05, 0.1) is 0 Å². The molecular formula is C37H62P2. The van der Waals surface area contributed by atoms with Crippen LogP contribution in [0.15, 0.2) is 60.7 Å². The predicted octanol–water partition coefficient (Wildman–Crippen LogP) is 12.5. The van der Waals surface area contributed by atoms with Crippen molar-refractivity contribution in [2.75, 3.05) is 37.0 Å². The molecule has 2 heteroatoms. The minimum atomic E-state index is 0.200. The zero-order chi connectivity index (χ0) is 28.1. The van der Waals surface area contributed by atoms with Crippen LogP contribution in [0.1, 0.15) is 128 Å². The van der Waals surface area contributed by atoms with Gasteiger partial charge in [-0.1, -0.05) is 121 Å². The Morgan fingerprint density at radius 2 is 1.03 bits per heavy atom. The van der Waals surface area contributed by atoms with E-state index < -0.39 is 0 Å². The van der Waals surface area contributed by atoms with Crippen molar-refractivity contribution in [2.24, 2.45) is 5.92 Å². The van der Waals surface area contributed by atoms with Crippen LogP contribution in [0.2, 0.25) is 0 Å². The summed E-state index contributed by atoms with van der Waals surface area (Å²) >= 11 is 0. The summed E-state index contributed by atoms with van der Waals surface area (Å²) in [4.78, 5) is 0. The van der Waals surface area contributed by atoms with E-state index in [1.54, 1.807) is 11.1 Å². The summed E-state index contributed by atoms with van der Waals surface area (Å²) in [6, 6.07) is 22.8. The minimum Gasteiger partial charge on any atom is -0.107 e. The highest BCUT2D eigenvalue weighted by molar-refractivity contribution is 7.57. The SMILES string of the molecule is CCCCP(CC)CCCC.CCCCP(CCCC)C[C@H]1CC(c2ccccc2)CCC1c1ccccc1. The predicted molar refractivity (Wildman–Crippen MR) is 184 cm³/mol. The Kier molecular flexibility index (Phi) is 19.4. The summed E-state index contributed by atoms with van der Waals surface area (Å²) in [5.41, 5.74) is 3.17. The van der Waals surface area contributed by atoms with E-state index in [1.807, 2.05) is 0 Å². The molecular weight excluding hydrogens is 506 g/mol. The van der Waals surface area contributed by atoms with Crippen LogP contribution in [0.5, 0.6) is 0 Å². The van der Waals surface area contributed by atoms with Crippen LogP contribution in [-0.4, -0.2) is 37.0 Å². The van der Waals surface area contributed by atoms with Crippen LogP contribution in [0.25, 0.3) is 0 Å². The molecule has 0 aromatic heterocycles. The molecule has 0 nitrogen and oxygen atoms in total. The molecule has 1 saturated carbocycles. The average Bonchev–Trinajstić information content (AvgIpc) is 3.00. The zero-order valence-corrected chi connectivity index (χ0v) is 28.2. The molecule has 2 aromatic rings. The molecule has 0 heterocycles. The first-order chi connectivity index (χ1) is 19.2. The van der Waals surface area contributed by atoms with Crippen LogP contribution < -0.4 is 0 Å². The molecule has 0 spiro atoms. The lowest BCUT2D eigenvalue weighted by molar-refractivity contribution is 0.301. The maximum Gasteiger partial charge on any atom is -0.0130 e. The number of unbranched alkanes of at least 4 members (excludes halogenated alkanes) is 4. The Balaban J connectivity index is 0.000000411. The standard InChI is InChI=1S/C27H39P.C10H23P/c1-3-5-19-28(20-6-4-2)22-26-21-25(23-13-9-7-10-14-23)17-18-27(26)24-15-11-8-12-16-24;1-4-7-9-11(6-3)10-8-5-2/h7-16,25-27H,3-6,17-22H2,1-2H3;4-10H2,1-3H3/t25?,26-,27?;/m1./s1. The molecule has 0 N–H and O–H groups in total. The number of benzene rings is 2. The molecule has 1 aliphatic rings. The second-order valence-electron chi connectivity index (χ2n) is 11.8. The van der Waals surface area contributed by atoms with Crippen molar-refractivity contribution < 1.29 is 0 Å². The summed E-state index contributed by atoms with van der Waals surface area (Å²) in [5.74, 6) is 2.40. The highest BCUT2D eigenvalue weighted by atomic mass is 31.1. The number of hydrogen-bond donors (Lipinski definition) is 0. The van der Waals surface area contributed by atoms with E-state index in [2.05, 4.69) is 95.3 Å². The largest absolute Gasteiger partial charge is 0.107 e. The molecule has 2 unspecified atom stereocenters. The van der Waals surface area contributed by atoms with Gasteiger partial charge in [-0.2, -0.15) is 0 Å². The fourth-order valence-corrected chi connectivity index (χ4v) is 11.8. The Labute approximate surface area is 247 Å². The van der Waals surface area contributed by atoms with Gasteiger partial charge in [0.25, 0.3) is 0 Å². The minimum absolute atomic E-state index is 0.200. The normalized spacial score (nSPS) is 19.2. The van der Waals surface area contributed by atoms with E-state index in [4.69, 9.17) is 0 Å². The van der Waals surface area contributed by atoms with Crippen molar-refractivity contribution in [2.45, 2.75) is 117 Å². The fraction of sp³-hybridized carbons (Fsp3) is 0.676. The van der Waals surface area contributed by atoms with Gasteiger partial charge in [-0.05, 0) is 111 Å². The summed E-state index contributed by atoms with van der Waals surface area (Å²) < 4.78 is 0. The summed E-state index contributed by atoms with van der Waals surface area (Å²) in [7, 11) is 0.630. The van der Waals surface area contributed by atoms with Crippen LogP contribution in [0, 0.1) is 5.92 Å². The Morgan fingerprint density at radius 3 is 1.49 bits per heavy atom. The molecule has 1 aliphatic carbocycles. The van der Waals surface area contributed by atoms with E-state index in [0.717, 1.165) is 17.8 Å². The first kappa shape index (κ1) is 34.5. The Hall–Kier alpha value is -0.700. The summed E-state index contributed by atoms with van der Waals surface area (Å²) in [5, 5.41) is 0. The van der Waals surface area contributed by atoms with Gasteiger partial charge in [0.2, 0.25) is 0 Å². The monoisotopic (exact) mass is 568 g/mol. The smallest absolute Gasteiger partial charge is 0.0130 e. The van der Waals surface area contributed by atoms with Gasteiger partial charge in [0.15, 0.2) is 0 Å². The summed E-state index contributed by atoms with van der Waals surface area (Å²) in [6.45, 7) is 11.7. The third-order valence-corrected chi connectivity index (χ3v) is 14.4. The van der Waals surface area contributed by atoms with Gasteiger partial charge >= 0.3 is 0 Å². The van der Waals surface area contributed by atoms with Crippen molar-refractivity contribution in [3.05, 3.63) is 71.8 Å². The Bertz CT molecular complexity index is 789. The van der Waals surface area contributed by atoms with Crippen LogP contribution >= 0.6 is 15.8 Å². The quantitative estimate of drug-likeness (QED) is 0.166. The van der Waals surface area contributed by atoms with E-state index in [9.17, 15) is 0 Å². The van der Waals surface area contributed by atoms with Crippen molar-refractivity contribution >= 4 is 15.8 Å². The highest BCUT2D eigenvalue weighted by Gasteiger charge is 2.33. The molecule has 3 rings (SSSR count). The third-order valence-electron chi connectivity index (χ3n) is 8.73. The van der Waals surface area contributed by atoms with E-state index in [-0.39, 0.29) is 7.92 Å². The molecule has 0 saturated heterocycles. The molecule has 0 bridgehead atoms. The van der Waals surface area contributed by atoms with E-state index in [0.29, 0.717) is 7.92 Å². The lowest BCUT2D eigenvalue weighted by Crippen LogP contribution is -2.25. The van der Waals surface area contributed by atoms with E-state index >= 15 is 0 Å². The zero-order valence-electron chi connectivity index (χ0n) is 26.4. The fourth-order valence-electron chi connectivity index (χ4n) is 6.21. The summed E-state index contributed by atoms with van der Waals surface area (Å²) in [6.07, 6.45) is 24.4. The van der Waals surface area contributed by atoms with Gasteiger partial charge in [-0.25, -0.2) is 0 Å². The van der Waals surface area contributed by atoms with Crippen molar-refractivity contribution in [3.8, 4) is 0 Å². The highest BCUT2D eigenvalue weighted by Crippen LogP contribution is 2.50. The lowest BCUT2D eigenvalue weighted by Gasteiger charge is -2.39. The molecule has 220 valence electrons. The molecule has 2 aromatic carbocycles. The molecule has 1 fully saturated rings. The van der Waals surface area contributed by atoms with Gasteiger partial charge < -0.3 is 0 Å². The third kappa shape index (κ3) is 13.7. The molecule has 3 atom stereocenters. The molecule has 39 heavy (non-hydrogen) atoms. The lowest BCUT2D eigenvalue weighted by atomic mass is 9.70. The van der Waals surface area contributed by atoms with Gasteiger partial charge in [0.1, 0.15) is 0 Å². The van der Waals surface area contributed by atoms with Gasteiger partial charge in [0, 0.05) is 0 Å².